The third-order valence-corrected chi connectivity index (χ3v) is 3.46. The maximum Gasteiger partial charge on any atom is 0.417 e. The lowest BCUT2D eigenvalue weighted by atomic mass is 9.91. The van der Waals surface area contributed by atoms with Crippen LogP contribution in [0.5, 0.6) is 0 Å². The second-order valence-corrected chi connectivity index (χ2v) is 4.97. The van der Waals surface area contributed by atoms with E-state index < -0.39 is 17.4 Å². The van der Waals surface area contributed by atoms with E-state index >= 15 is 0 Å². The fourth-order valence-electron chi connectivity index (χ4n) is 2.22. The standard InChI is InChI=1S/C16H14F4/c1-4-15(3,17)11-8-10(2)12-6-5-7-14(13(12)9-11)16(18,19)20/h4-9H,1H2,2-3H3. The van der Waals surface area contributed by atoms with Gasteiger partial charge in [0.15, 0.2) is 5.67 Å². The molecule has 0 spiro atoms. The number of hydrogen-bond acceptors (Lipinski definition) is 0. The molecular weight excluding hydrogens is 268 g/mol. The molecule has 2 aromatic carbocycles. The van der Waals surface area contributed by atoms with Gasteiger partial charge in [0, 0.05) is 0 Å². The monoisotopic (exact) mass is 282 g/mol. The third-order valence-electron chi connectivity index (χ3n) is 3.46. The number of halogens is 4. The molecule has 106 valence electrons. The molecule has 0 heterocycles. The van der Waals surface area contributed by atoms with Gasteiger partial charge in [-0.2, -0.15) is 13.2 Å². The molecule has 0 radical (unpaired) electrons. The highest BCUT2D eigenvalue weighted by atomic mass is 19.4. The highest BCUT2D eigenvalue weighted by molar-refractivity contribution is 5.89. The molecule has 0 saturated heterocycles. The van der Waals surface area contributed by atoms with Crippen LogP contribution in [0, 0.1) is 6.92 Å². The van der Waals surface area contributed by atoms with E-state index in [0.29, 0.717) is 10.9 Å². The Kier molecular flexibility index (Phi) is 3.36. The first-order valence-electron chi connectivity index (χ1n) is 6.10. The minimum atomic E-state index is -4.47. The first-order valence-corrected chi connectivity index (χ1v) is 6.10. The largest absolute Gasteiger partial charge is 0.417 e. The Bertz CT molecular complexity index is 666. The van der Waals surface area contributed by atoms with E-state index in [2.05, 4.69) is 6.58 Å². The van der Waals surface area contributed by atoms with Gasteiger partial charge in [0.25, 0.3) is 0 Å². The molecule has 0 amide bonds. The van der Waals surface area contributed by atoms with Crippen molar-refractivity contribution >= 4 is 10.8 Å². The van der Waals surface area contributed by atoms with Gasteiger partial charge in [0.2, 0.25) is 0 Å². The normalized spacial score (nSPS) is 15.1. The van der Waals surface area contributed by atoms with E-state index in [-0.39, 0.29) is 10.9 Å². The highest BCUT2D eigenvalue weighted by Crippen LogP contribution is 2.38. The van der Waals surface area contributed by atoms with E-state index in [0.717, 1.165) is 12.1 Å². The summed E-state index contributed by atoms with van der Waals surface area (Å²) in [6.45, 7) is 6.34. The zero-order valence-electron chi connectivity index (χ0n) is 11.2. The maximum atomic E-state index is 14.3. The lowest BCUT2D eigenvalue weighted by molar-refractivity contribution is -0.136. The molecular formula is C16H14F4. The molecule has 0 nitrogen and oxygen atoms in total. The van der Waals surface area contributed by atoms with Crippen molar-refractivity contribution in [1.82, 2.24) is 0 Å². The van der Waals surface area contributed by atoms with E-state index in [1.807, 2.05) is 0 Å². The second kappa shape index (κ2) is 4.62. The van der Waals surface area contributed by atoms with Gasteiger partial charge >= 0.3 is 6.18 Å². The topological polar surface area (TPSA) is 0 Å². The van der Waals surface area contributed by atoms with E-state index in [4.69, 9.17) is 0 Å². The average molecular weight is 282 g/mol. The van der Waals surface area contributed by atoms with Crippen LogP contribution in [0.1, 0.15) is 23.6 Å². The predicted molar refractivity (Wildman–Crippen MR) is 72.3 cm³/mol. The number of fused-ring (bicyclic) bond motifs is 1. The third kappa shape index (κ3) is 2.42. The Morgan fingerprint density at radius 3 is 2.25 bits per heavy atom. The van der Waals surface area contributed by atoms with E-state index in [1.165, 1.54) is 19.1 Å². The first kappa shape index (κ1) is 14.6. The van der Waals surface area contributed by atoms with Crippen LogP contribution in [0.2, 0.25) is 0 Å². The van der Waals surface area contributed by atoms with Crippen molar-refractivity contribution < 1.29 is 17.6 Å². The van der Waals surface area contributed by atoms with Crippen molar-refractivity contribution in [3.8, 4) is 0 Å². The quantitative estimate of drug-likeness (QED) is 0.501. The predicted octanol–water partition coefficient (Wildman–Crippen LogP) is 5.54. The Hall–Kier alpha value is -1.84. The van der Waals surface area contributed by atoms with Gasteiger partial charge in [0.1, 0.15) is 0 Å². The molecule has 1 atom stereocenters. The summed E-state index contributed by atoms with van der Waals surface area (Å²) in [4.78, 5) is 0. The number of hydrogen-bond donors (Lipinski definition) is 0. The number of allylic oxidation sites excluding steroid dienone is 1. The molecule has 20 heavy (non-hydrogen) atoms. The summed E-state index contributed by atoms with van der Waals surface area (Å²) in [5.41, 5.74) is -1.83. The summed E-state index contributed by atoms with van der Waals surface area (Å²) in [5, 5.41) is 0.490. The van der Waals surface area contributed by atoms with Crippen molar-refractivity contribution in [3.63, 3.8) is 0 Å². The molecule has 0 aromatic heterocycles. The second-order valence-electron chi connectivity index (χ2n) is 4.97. The minimum Gasteiger partial charge on any atom is -0.234 e. The summed E-state index contributed by atoms with van der Waals surface area (Å²) in [5.74, 6) is 0. The fourth-order valence-corrected chi connectivity index (χ4v) is 2.22. The number of alkyl halides is 4. The van der Waals surface area contributed by atoms with Crippen LogP contribution in [0.3, 0.4) is 0 Å². The zero-order valence-corrected chi connectivity index (χ0v) is 11.2. The van der Waals surface area contributed by atoms with Gasteiger partial charge in [-0.3, -0.25) is 0 Å². The molecule has 4 heteroatoms. The van der Waals surface area contributed by atoms with Crippen LogP contribution in [0.4, 0.5) is 17.6 Å². The molecule has 2 aromatic rings. The van der Waals surface area contributed by atoms with Crippen molar-refractivity contribution in [3.05, 3.63) is 59.7 Å². The Morgan fingerprint density at radius 1 is 1.05 bits per heavy atom. The van der Waals surface area contributed by atoms with Crippen LogP contribution >= 0.6 is 0 Å². The lowest BCUT2D eigenvalue weighted by Crippen LogP contribution is -2.12. The van der Waals surface area contributed by atoms with Crippen LogP contribution < -0.4 is 0 Å². The van der Waals surface area contributed by atoms with Crippen molar-refractivity contribution in [2.75, 3.05) is 0 Å². The first-order chi connectivity index (χ1) is 9.16. The highest BCUT2D eigenvalue weighted by Gasteiger charge is 2.33. The van der Waals surface area contributed by atoms with Gasteiger partial charge in [-0.1, -0.05) is 30.9 Å². The van der Waals surface area contributed by atoms with E-state index in [1.54, 1.807) is 19.1 Å². The molecule has 0 fully saturated rings. The summed E-state index contributed by atoms with van der Waals surface area (Å²) in [6, 6.07) is 6.79. The molecule has 0 bridgehead atoms. The molecule has 0 aliphatic carbocycles. The van der Waals surface area contributed by atoms with Crippen molar-refractivity contribution in [2.24, 2.45) is 0 Å². The summed E-state index contributed by atoms with van der Waals surface area (Å²) < 4.78 is 53.4. The van der Waals surface area contributed by atoms with Crippen molar-refractivity contribution in [2.45, 2.75) is 25.7 Å². The SMILES string of the molecule is C=CC(C)(F)c1cc(C)c2cccc(C(F)(F)F)c2c1. The summed E-state index contributed by atoms with van der Waals surface area (Å²) in [7, 11) is 0. The zero-order chi connectivity index (χ0) is 15.1. The fraction of sp³-hybridized carbons (Fsp3) is 0.250. The number of rotatable bonds is 2. The van der Waals surface area contributed by atoms with Crippen LogP contribution in [0.25, 0.3) is 10.8 Å². The Morgan fingerprint density at radius 2 is 1.70 bits per heavy atom. The molecule has 0 saturated carbocycles. The lowest BCUT2D eigenvalue weighted by Gasteiger charge is -2.19. The van der Waals surface area contributed by atoms with Crippen molar-refractivity contribution in [1.29, 1.82) is 0 Å². The van der Waals surface area contributed by atoms with Crippen LogP contribution in [-0.4, -0.2) is 0 Å². The average Bonchev–Trinajstić information content (AvgIpc) is 2.36. The van der Waals surface area contributed by atoms with Crippen LogP contribution in [-0.2, 0) is 11.8 Å². The maximum absolute atomic E-state index is 14.3. The van der Waals surface area contributed by atoms with Gasteiger partial charge in [-0.05, 0) is 47.9 Å². The Labute approximate surface area is 114 Å². The minimum absolute atomic E-state index is 0.0146. The molecule has 1 unspecified atom stereocenters. The van der Waals surface area contributed by atoms with Crippen LogP contribution in [0.15, 0.2) is 43.0 Å². The number of aryl methyl sites for hydroxylation is 1. The number of benzene rings is 2. The summed E-state index contributed by atoms with van der Waals surface area (Å²) >= 11 is 0. The molecule has 0 aliphatic rings. The van der Waals surface area contributed by atoms with Gasteiger partial charge in [0.05, 0.1) is 5.56 Å². The Balaban J connectivity index is 2.84. The summed E-state index contributed by atoms with van der Waals surface area (Å²) in [6.07, 6.45) is -3.38. The molecule has 2 rings (SSSR count). The molecule has 0 aliphatic heterocycles. The van der Waals surface area contributed by atoms with Gasteiger partial charge < -0.3 is 0 Å². The van der Waals surface area contributed by atoms with Gasteiger partial charge in [-0.15, -0.1) is 0 Å². The smallest absolute Gasteiger partial charge is 0.234 e. The van der Waals surface area contributed by atoms with Gasteiger partial charge in [-0.25, -0.2) is 4.39 Å². The molecule has 0 N–H and O–H groups in total. The van der Waals surface area contributed by atoms with E-state index in [9.17, 15) is 17.6 Å².